The van der Waals surface area contributed by atoms with Gasteiger partial charge >= 0.3 is 5.97 Å². The van der Waals surface area contributed by atoms with Gasteiger partial charge in [0.25, 0.3) is 11.8 Å². The maximum Gasteiger partial charge on any atom is 0.338 e. The van der Waals surface area contributed by atoms with Crippen LogP contribution in [0.15, 0.2) is 52.4 Å². The highest BCUT2D eigenvalue weighted by atomic mass is 32.1. The van der Waals surface area contributed by atoms with Gasteiger partial charge in [0.15, 0.2) is 11.9 Å². The van der Waals surface area contributed by atoms with Crippen molar-refractivity contribution in [1.82, 2.24) is 5.16 Å². The minimum atomic E-state index is -0.996. The van der Waals surface area contributed by atoms with E-state index >= 15 is 0 Å². The number of nitrogens with one attached hydrogen (secondary N) is 2. The molecule has 1 aromatic carbocycles. The number of esters is 1. The first-order chi connectivity index (χ1) is 14.0. The van der Waals surface area contributed by atoms with E-state index in [9.17, 15) is 14.4 Å². The highest BCUT2D eigenvalue weighted by molar-refractivity contribution is 7.12. The van der Waals surface area contributed by atoms with Gasteiger partial charge in [-0.1, -0.05) is 24.2 Å². The molecule has 3 aromatic rings. The average molecular weight is 413 g/mol. The zero-order valence-corrected chi connectivity index (χ0v) is 16.6. The molecule has 0 saturated carbocycles. The number of nitrogens with zero attached hydrogens (tertiary/aromatic N) is 1. The number of hydrogen-bond acceptors (Lipinski definition) is 7. The standard InChI is InChI=1S/C20H19N3O5S/c1-3-15(18(24)22-17-10-12(2)28-23-17)27-20(26)13-6-4-7-14(11-13)21-19(25)16-8-5-9-29-16/h4-11,15H,3H2,1-2H3,(H,21,25)(H,22,23,24). The highest BCUT2D eigenvalue weighted by Crippen LogP contribution is 2.17. The first kappa shape index (κ1) is 20.3. The third-order valence-corrected chi connectivity index (χ3v) is 4.76. The van der Waals surface area contributed by atoms with Crippen LogP contribution in [0.5, 0.6) is 0 Å². The lowest BCUT2D eigenvalue weighted by Gasteiger charge is -2.15. The summed E-state index contributed by atoms with van der Waals surface area (Å²) < 4.78 is 10.2. The summed E-state index contributed by atoms with van der Waals surface area (Å²) in [5.41, 5.74) is 0.672. The number of rotatable bonds is 7. The fourth-order valence-electron chi connectivity index (χ4n) is 2.48. The number of ether oxygens (including phenoxy) is 1. The molecule has 0 saturated heterocycles. The quantitative estimate of drug-likeness (QED) is 0.569. The van der Waals surface area contributed by atoms with E-state index in [2.05, 4.69) is 15.8 Å². The smallest absolute Gasteiger partial charge is 0.338 e. The van der Waals surface area contributed by atoms with Crippen LogP contribution in [0, 0.1) is 6.92 Å². The van der Waals surface area contributed by atoms with E-state index in [1.54, 1.807) is 55.6 Å². The zero-order valence-electron chi connectivity index (χ0n) is 15.8. The minimum absolute atomic E-state index is 0.220. The Morgan fingerprint density at radius 3 is 2.66 bits per heavy atom. The van der Waals surface area contributed by atoms with Crippen LogP contribution >= 0.6 is 11.3 Å². The molecule has 0 spiro atoms. The molecular formula is C20H19N3O5S. The van der Waals surface area contributed by atoms with Crippen molar-refractivity contribution < 1.29 is 23.6 Å². The van der Waals surface area contributed by atoms with Gasteiger partial charge in [-0.3, -0.25) is 9.59 Å². The molecule has 2 amide bonds. The van der Waals surface area contributed by atoms with Crippen LogP contribution in [-0.2, 0) is 9.53 Å². The van der Waals surface area contributed by atoms with E-state index in [4.69, 9.17) is 9.26 Å². The molecule has 9 heteroatoms. The monoisotopic (exact) mass is 413 g/mol. The molecule has 3 rings (SSSR count). The Morgan fingerprint density at radius 2 is 2.00 bits per heavy atom. The zero-order chi connectivity index (χ0) is 20.8. The third-order valence-electron chi connectivity index (χ3n) is 3.89. The van der Waals surface area contributed by atoms with Gasteiger partial charge in [-0.15, -0.1) is 11.3 Å². The van der Waals surface area contributed by atoms with Gasteiger partial charge in [-0.05, 0) is 43.0 Å². The molecule has 0 radical (unpaired) electrons. The molecule has 0 bridgehead atoms. The fraction of sp³-hybridized carbons (Fsp3) is 0.200. The molecule has 0 aliphatic heterocycles. The molecular weight excluding hydrogens is 394 g/mol. The predicted octanol–water partition coefficient (Wildman–Crippen LogP) is 3.87. The number of amides is 2. The van der Waals surface area contributed by atoms with Gasteiger partial charge in [0.05, 0.1) is 10.4 Å². The molecule has 8 nitrogen and oxygen atoms in total. The molecule has 150 valence electrons. The molecule has 2 heterocycles. The lowest BCUT2D eigenvalue weighted by Crippen LogP contribution is -2.32. The molecule has 2 aromatic heterocycles. The summed E-state index contributed by atoms with van der Waals surface area (Å²) in [5, 5.41) is 10.8. The Hall–Kier alpha value is -3.46. The van der Waals surface area contributed by atoms with Crippen LogP contribution in [0.25, 0.3) is 0 Å². The van der Waals surface area contributed by atoms with Crippen molar-refractivity contribution in [3.8, 4) is 0 Å². The molecule has 1 unspecified atom stereocenters. The first-order valence-electron chi connectivity index (χ1n) is 8.86. The summed E-state index contributed by atoms with van der Waals surface area (Å²) in [6.07, 6.45) is -0.715. The fourth-order valence-corrected chi connectivity index (χ4v) is 3.09. The van der Waals surface area contributed by atoms with Crippen LogP contribution in [0.2, 0.25) is 0 Å². The second-order valence-electron chi connectivity index (χ2n) is 6.13. The van der Waals surface area contributed by atoms with Crippen LogP contribution in [-0.4, -0.2) is 29.0 Å². The predicted molar refractivity (Wildman–Crippen MR) is 108 cm³/mol. The first-order valence-corrected chi connectivity index (χ1v) is 9.74. The van der Waals surface area contributed by atoms with E-state index in [1.807, 2.05) is 0 Å². The Morgan fingerprint density at radius 1 is 1.17 bits per heavy atom. The van der Waals surface area contributed by atoms with E-state index in [1.165, 1.54) is 17.4 Å². The number of benzene rings is 1. The second kappa shape index (κ2) is 9.16. The third kappa shape index (κ3) is 5.29. The Kier molecular flexibility index (Phi) is 6.40. The number of aryl methyl sites for hydroxylation is 1. The van der Waals surface area contributed by atoms with E-state index < -0.39 is 18.0 Å². The van der Waals surface area contributed by atoms with Gasteiger partial charge < -0.3 is 19.9 Å². The topological polar surface area (TPSA) is 111 Å². The summed E-state index contributed by atoms with van der Waals surface area (Å²) in [6, 6.07) is 11.4. The maximum atomic E-state index is 12.5. The molecule has 1 atom stereocenters. The van der Waals surface area contributed by atoms with Gasteiger partial charge in [0.1, 0.15) is 5.76 Å². The number of hydrogen-bond donors (Lipinski definition) is 2. The highest BCUT2D eigenvalue weighted by Gasteiger charge is 2.23. The summed E-state index contributed by atoms with van der Waals surface area (Å²) >= 11 is 1.32. The molecule has 0 aliphatic carbocycles. The SMILES string of the molecule is CCC(OC(=O)c1cccc(NC(=O)c2cccs2)c1)C(=O)Nc1cc(C)on1. The number of carbonyl (C=O) groups is 3. The van der Waals surface area contributed by atoms with Gasteiger partial charge in [-0.25, -0.2) is 4.79 Å². The number of aromatic nitrogens is 1. The largest absolute Gasteiger partial charge is 0.449 e. The Balaban J connectivity index is 1.64. The normalized spacial score (nSPS) is 11.5. The number of anilines is 2. The van der Waals surface area contributed by atoms with Crippen molar-refractivity contribution in [3.63, 3.8) is 0 Å². The van der Waals surface area contributed by atoms with Crippen LogP contribution < -0.4 is 10.6 Å². The van der Waals surface area contributed by atoms with Gasteiger partial charge in [0, 0.05) is 11.8 Å². The molecule has 29 heavy (non-hydrogen) atoms. The van der Waals surface area contributed by atoms with Crippen LogP contribution in [0.4, 0.5) is 11.5 Å². The van der Waals surface area contributed by atoms with Crippen molar-refractivity contribution in [1.29, 1.82) is 0 Å². The molecule has 0 aliphatic rings. The molecule has 2 N–H and O–H groups in total. The van der Waals surface area contributed by atoms with Crippen LogP contribution in [0.3, 0.4) is 0 Å². The number of carbonyl (C=O) groups excluding carboxylic acids is 3. The average Bonchev–Trinajstić information content (AvgIpc) is 3.38. The van der Waals surface area contributed by atoms with Gasteiger partial charge in [0.2, 0.25) is 0 Å². The van der Waals surface area contributed by atoms with Crippen molar-refractivity contribution in [3.05, 3.63) is 64.0 Å². The van der Waals surface area contributed by atoms with Crippen LogP contribution in [0.1, 0.15) is 39.1 Å². The lowest BCUT2D eigenvalue weighted by molar-refractivity contribution is -0.124. The summed E-state index contributed by atoms with van der Waals surface area (Å²) in [5.74, 6) is -0.641. The summed E-state index contributed by atoms with van der Waals surface area (Å²) in [4.78, 5) is 37.6. The number of thiophene rings is 1. The maximum absolute atomic E-state index is 12.5. The van der Waals surface area contributed by atoms with Gasteiger partial charge in [-0.2, -0.15) is 0 Å². The van der Waals surface area contributed by atoms with Crippen molar-refractivity contribution in [2.45, 2.75) is 26.4 Å². The summed E-state index contributed by atoms with van der Waals surface area (Å²) in [7, 11) is 0. The lowest BCUT2D eigenvalue weighted by atomic mass is 10.2. The summed E-state index contributed by atoms with van der Waals surface area (Å²) in [6.45, 7) is 3.42. The Labute approximate surface area is 170 Å². The second-order valence-corrected chi connectivity index (χ2v) is 7.07. The minimum Gasteiger partial charge on any atom is -0.449 e. The van der Waals surface area contributed by atoms with Crippen molar-refractivity contribution in [2.75, 3.05) is 10.6 Å². The van der Waals surface area contributed by atoms with Crippen molar-refractivity contribution >= 4 is 40.6 Å². The van der Waals surface area contributed by atoms with Crippen molar-refractivity contribution in [2.24, 2.45) is 0 Å². The van der Waals surface area contributed by atoms with E-state index in [0.717, 1.165) is 0 Å². The van der Waals surface area contributed by atoms with E-state index in [-0.39, 0.29) is 23.7 Å². The van der Waals surface area contributed by atoms with E-state index in [0.29, 0.717) is 16.3 Å². The Bertz CT molecular complexity index is 1010. The molecule has 0 fully saturated rings.